The van der Waals surface area contributed by atoms with Crippen molar-refractivity contribution in [2.24, 2.45) is 0 Å². The minimum atomic E-state index is 0.0601. The Morgan fingerprint density at radius 1 is 1.27 bits per heavy atom. The van der Waals surface area contributed by atoms with E-state index in [0.717, 1.165) is 39.4 Å². The van der Waals surface area contributed by atoms with Crippen LogP contribution in [0.2, 0.25) is 0 Å². The van der Waals surface area contributed by atoms with Crippen LogP contribution in [-0.2, 0) is 0 Å². The third-order valence-corrected chi connectivity index (χ3v) is 3.69. The van der Waals surface area contributed by atoms with Crippen LogP contribution in [0.15, 0.2) is 36.9 Å². The molecule has 0 aliphatic rings. The molecule has 0 aliphatic carbocycles. The van der Waals surface area contributed by atoms with E-state index in [9.17, 15) is 0 Å². The largest absolute Gasteiger partial charge is 0.497 e. The number of benzene rings is 2. The smallest absolute Gasteiger partial charge is 0.119 e. The Morgan fingerprint density at radius 3 is 2.64 bits per heavy atom. The molecule has 0 saturated heterocycles. The highest BCUT2D eigenvalue weighted by Crippen LogP contribution is 2.37. The monoisotopic (exact) mass is 298 g/mol. The first-order chi connectivity index (χ1) is 10.6. The second-order valence-corrected chi connectivity index (χ2v) is 5.01. The van der Waals surface area contributed by atoms with Gasteiger partial charge in [-0.3, -0.25) is 0 Å². The summed E-state index contributed by atoms with van der Waals surface area (Å²) in [5.74, 6) is 0.788. The molecule has 4 N–H and O–H groups in total. The van der Waals surface area contributed by atoms with Crippen molar-refractivity contribution < 1.29 is 9.84 Å². The molecule has 2 aromatic rings. The van der Waals surface area contributed by atoms with E-state index >= 15 is 0 Å². The lowest BCUT2D eigenvalue weighted by atomic mass is 9.95. The summed E-state index contributed by atoms with van der Waals surface area (Å²) in [7, 11) is 1.64. The normalized spacial score (nSPS) is 10.3. The summed E-state index contributed by atoms with van der Waals surface area (Å²) in [6, 6.07) is 9.75. The highest BCUT2D eigenvalue weighted by atomic mass is 16.5. The Hall–Kier alpha value is -2.46. The Bertz CT molecular complexity index is 681. The number of hydrogen-bond donors (Lipinski definition) is 3. The second kappa shape index (κ2) is 7.00. The molecule has 0 atom stereocenters. The summed E-state index contributed by atoms with van der Waals surface area (Å²) < 4.78 is 5.27. The van der Waals surface area contributed by atoms with Crippen molar-refractivity contribution >= 4 is 17.5 Å². The molecule has 22 heavy (non-hydrogen) atoms. The van der Waals surface area contributed by atoms with Crippen LogP contribution in [0.4, 0.5) is 11.4 Å². The molecular formula is C18H22N2O2. The van der Waals surface area contributed by atoms with E-state index in [4.69, 9.17) is 15.6 Å². The molecule has 116 valence electrons. The summed E-state index contributed by atoms with van der Waals surface area (Å²) in [6.07, 6.45) is 1.80. The zero-order valence-electron chi connectivity index (χ0n) is 13.0. The van der Waals surface area contributed by atoms with Crippen LogP contribution in [0.1, 0.15) is 11.1 Å². The quantitative estimate of drug-likeness (QED) is 0.716. The fourth-order valence-corrected chi connectivity index (χ4v) is 2.44. The number of aliphatic hydroxyl groups excluding tert-OH is 1. The van der Waals surface area contributed by atoms with Gasteiger partial charge in [-0.15, -0.1) is 0 Å². The van der Waals surface area contributed by atoms with Gasteiger partial charge in [-0.05, 0) is 41.8 Å². The molecule has 0 spiro atoms. The molecule has 0 heterocycles. The number of nitrogens with two attached hydrogens (primary N) is 1. The van der Waals surface area contributed by atoms with E-state index < -0.39 is 0 Å². The predicted molar refractivity (Wildman–Crippen MR) is 93.2 cm³/mol. The van der Waals surface area contributed by atoms with Crippen LogP contribution in [0.5, 0.6) is 5.75 Å². The van der Waals surface area contributed by atoms with Gasteiger partial charge in [0.2, 0.25) is 0 Å². The van der Waals surface area contributed by atoms with E-state index in [1.165, 1.54) is 0 Å². The molecule has 4 heteroatoms. The number of ether oxygens (including phenoxy) is 1. The van der Waals surface area contributed by atoms with Crippen LogP contribution in [0.25, 0.3) is 17.2 Å². The van der Waals surface area contributed by atoms with Gasteiger partial charge in [-0.1, -0.05) is 24.8 Å². The topological polar surface area (TPSA) is 67.5 Å². The van der Waals surface area contributed by atoms with Crippen molar-refractivity contribution in [2.45, 2.75) is 6.92 Å². The van der Waals surface area contributed by atoms with Gasteiger partial charge in [-0.25, -0.2) is 0 Å². The van der Waals surface area contributed by atoms with Crippen LogP contribution >= 0.6 is 0 Å². The van der Waals surface area contributed by atoms with E-state index in [1.54, 1.807) is 13.2 Å². The number of anilines is 2. The van der Waals surface area contributed by atoms with Crippen molar-refractivity contribution in [3.05, 3.63) is 48.0 Å². The summed E-state index contributed by atoms with van der Waals surface area (Å²) in [6.45, 7) is 6.38. The van der Waals surface area contributed by atoms with Crippen molar-refractivity contribution in [3.8, 4) is 16.9 Å². The molecule has 4 nitrogen and oxygen atoms in total. The summed E-state index contributed by atoms with van der Waals surface area (Å²) in [4.78, 5) is 0. The Labute approximate surface area is 131 Å². The maximum Gasteiger partial charge on any atom is 0.119 e. The molecular weight excluding hydrogens is 276 g/mol. The van der Waals surface area contributed by atoms with Crippen LogP contribution < -0.4 is 15.8 Å². The molecule has 0 saturated carbocycles. The first-order valence-corrected chi connectivity index (χ1v) is 7.17. The number of rotatable bonds is 6. The minimum absolute atomic E-state index is 0.0601. The third-order valence-electron chi connectivity index (χ3n) is 3.69. The first-order valence-electron chi connectivity index (χ1n) is 7.17. The Morgan fingerprint density at radius 2 is 2.00 bits per heavy atom. The average molecular weight is 298 g/mol. The molecule has 0 aliphatic heterocycles. The van der Waals surface area contributed by atoms with Gasteiger partial charge in [0.05, 0.1) is 13.7 Å². The van der Waals surface area contributed by atoms with E-state index in [2.05, 4.69) is 11.9 Å². The number of hydrogen-bond acceptors (Lipinski definition) is 4. The van der Waals surface area contributed by atoms with Crippen molar-refractivity contribution in [1.82, 2.24) is 0 Å². The van der Waals surface area contributed by atoms with Gasteiger partial charge in [0.25, 0.3) is 0 Å². The molecule has 0 bridgehead atoms. The maximum absolute atomic E-state index is 9.09. The van der Waals surface area contributed by atoms with Crippen molar-refractivity contribution in [3.63, 3.8) is 0 Å². The summed E-state index contributed by atoms with van der Waals surface area (Å²) in [5, 5.41) is 12.3. The lowest BCUT2D eigenvalue weighted by molar-refractivity contribution is 0.311. The van der Waals surface area contributed by atoms with Crippen LogP contribution in [0, 0.1) is 6.92 Å². The van der Waals surface area contributed by atoms with Crippen molar-refractivity contribution in [2.75, 3.05) is 31.3 Å². The number of nitrogens with one attached hydrogen (secondary N) is 1. The first kappa shape index (κ1) is 15.9. The standard InChI is InChI=1S/C18H22N2O2/c1-4-13-11-14(22-3)5-6-15(13)16-7-8-17(19)12(2)18(16)20-9-10-21/h4-8,11,20-21H,1,9-10,19H2,2-3H3. The SMILES string of the molecule is C=Cc1cc(OC)ccc1-c1ccc(N)c(C)c1NCCO. The molecule has 0 unspecified atom stereocenters. The van der Waals surface area contributed by atoms with Crippen LogP contribution in [-0.4, -0.2) is 25.4 Å². The van der Waals surface area contributed by atoms with Crippen LogP contribution in [0.3, 0.4) is 0 Å². The van der Waals surface area contributed by atoms with Gasteiger partial charge in [-0.2, -0.15) is 0 Å². The van der Waals surface area contributed by atoms with E-state index in [0.29, 0.717) is 6.54 Å². The molecule has 0 fully saturated rings. The summed E-state index contributed by atoms with van der Waals surface area (Å²) in [5.41, 5.74) is 11.7. The fourth-order valence-electron chi connectivity index (χ4n) is 2.44. The lowest BCUT2D eigenvalue weighted by Crippen LogP contribution is -2.09. The Balaban J connectivity index is 2.61. The predicted octanol–water partition coefficient (Wildman–Crippen LogP) is 3.30. The zero-order valence-corrected chi connectivity index (χ0v) is 13.0. The highest BCUT2D eigenvalue weighted by molar-refractivity contribution is 5.88. The molecule has 2 aromatic carbocycles. The second-order valence-electron chi connectivity index (χ2n) is 5.01. The minimum Gasteiger partial charge on any atom is -0.497 e. The maximum atomic E-state index is 9.09. The van der Waals surface area contributed by atoms with Gasteiger partial charge in [0.1, 0.15) is 5.75 Å². The lowest BCUT2D eigenvalue weighted by Gasteiger charge is -2.18. The number of aliphatic hydroxyl groups is 1. The molecule has 0 radical (unpaired) electrons. The molecule has 0 aromatic heterocycles. The number of nitrogen functional groups attached to an aromatic ring is 1. The van der Waals surface area contributed by atoms with E-state index in [1.807, 2.05) is 37.3 Å². The van der Waals surface area contributed by atoms with Gasteiger partial charge in [0.15, 0.2) is 0 Å². The average Bonchev–Trinajstić information content (AvgIpc) is 2.55. The highest BCUT2D eigenvalue weighted by Gasteiger charge is 2.13. The fraction of sp³-hybridized carbons (Fsp3) is 0.222. The Kier molecular flexibility index (Phi) is 5.07. The molecule has 2 rings (SSSR count). The third kappa shape index (κ3) is 3.07. The van der Waals surface area contributed by atoms with Crippen molar-refractivity contribution in [1.29, 1.82) is 0 Å². The van der Waals surface area contributed by atoms with Gasteiger partial charge < -0.3 is 20.9 Å². The van der Waals surface area contributed by atoms with Gasteiger partial charge in [0, 0.05) is 23.5 Å². The molecule has 0 amide bonds. The summed E-state index contributed by atoms with van der Waals surface area (Å²) >= 11 is 0. The van der Waals surface area contributed by atoms with E-state index in [-0.39, 0.29) is 6.61 Å². The number of methoxy groups -OCH3 is 1. The van der Waals surface area contributed by atoms with Gasteiger partial charge >= 0.3 is 0 Å². The zero-order chi connectivity index (χ0) is 16.1.